The second-order valence-electron chi connectivity index (χ2n) is 5.08. The Bertz CT molecular complexity index is 617. The van der Waals surface area contributed by atoms with Crippen LogP contribution >= 0.6 is 0 Å². The Labute approximate surface area is 99.4 Å². The molecular formula is C13H17N3O. The molecule has 1 aromatic heterocycles. The fraction of sp³-hybridized carbons (Fsp3) is 0.462. The Balaban J connectivity index is 2.17. The van der Waals surface area contributed by atoms with Crippen LogP contribution in [-0.4, -0.2) is 9.55 Å². The number of aromatic amines is 1. The molecule has 1 saturated carbocycles. The molecule has 0 bridgehead atoms. The zero-order chi connectivity index (χ0) is 12.0. The van der Waals surface area contributed by atoms with Gasteiger partial charge in [-0.25, -0.2) is 4.79 Å². The van der Waals surface area contributed by atoms with Crippen LogP contribution < -0.4 is 11.4 Å². The average molecular weight is 231 g/mol. The van der Waals surface area contributed by atoms with Crippen molar-refractivity contribution in [1.82, 2.24) is 9.55 Å². The SMILES string of the molecule is Cn1c(=O)[nH]c2cc(C3(N)CCCC3)ccc21. The second-order valence-corrected chi connectivity index (χ2v) is 5.08. The Morgan fingerprint density at radius 1 is 1.35 bits per heavy atom. The molecule has 0 amide bonds. The van der Waals surface area contributed by atoms with E-state index in [4.69, 9.17) is 5.73 Å². The van der Waals surface area contributed by atoms with E-state index in [1.165, 1.54) is 12.8 Å². The number of benzene rings is 1. The molecule has 0 spiro atoms. The fourth-order valence-electron chi connectivity index (χ4n) is 2.84. The summed E-state index contributed by atoms with van der Waals surface area (Å²) in [5.41, 5.74) is 9.10. The first kappa shape index (κ1) is 10.6. The molecule has 3 rings (SSSR count). The van der Waals surface area contributed by atoms with Crippen molar-refractivity contribution in [1.29, 1.82) is 0 Å². The third kappa shape index (κ3) is 1.52. The molecule has 0 radical (unpaired) electrons. The summed E-state index contributed by atoms with van der Waals surface area (Å²) in [5, 5.41) is 0. The first-order chi connectivity index (χ1) is 8.10. The predicted molar refractivity (Wildman–Crippen MR) is 67.9 cm³/mol. The van der Waals surface area contributed by atoms with Crippen LogP contribution in [0, 0.1) is 0 Å². The Hall–Kier alpha value is -1.55. The fourth-order valence-corrected chi connectivity index (χ4v) is 2.84. The maximum atomic E-state index is 11.5. The quantitative estimate of drug-likeness (QED) is 0.783. The lowest BCUT2D eigenvalue weighted by Crippen LogP contribution is -2.32. The van der Waals surface area contributed by atoms with Gasteiger partial charge in [-0.15, -0.1) is 0 Å². The highest BCUT2D eigenvalue weighted by Gasteiger charge is 2.31. The second kappa shape index (κ2) is 3.47. The average Bonchev–Trinajstić information content (AvgIpc) is 2.86. The van der Waals surface area contributed by atoms with Gasteiger partial charge in [0.05, 0.1) is 11.0 Å². The molecular weight excluding hydrogens is 214 g/mol. The van der Waals surface area contributed by atoms with Gasteiger partial charge >= 0.3 is 5.69 Å². The Morgan fingerprint density at radius 2 is 2.06 bits per heavy atom. The predicted octanol–water partition coefficient (Wildman–Crippen LogP) is 1.59. The molecule has 2 aromatic rings. The molecule has 0 atom stereocenters. The van der Waals surface area contributed by atoms with E-state index in [1.54, 1.807) is 11.6 Å². The number of fused-ring (bicyclic) bond motifs is 1. The maximum Gasteiger partial charge on any atom is 0.326 e. The summed E-state index contributed by atoms with van der Waals surface area (Å²) >= 11 is 0. The Kier molecular flexibility index (Phi) is 2.16. The number of imidazole rings is 1. The lowest BCUT2D eigenvalue weighted by Gasteiger charge is -2.24. The van der Waals surface area contributed by atoms with E-state index < -0.39 is 0 Å². The van der Waals surface area contributed by atoms with Crippen LogP contribution in [0.25, 0.3) is 11.0 Å². The molecule has 1 heterocycles. The molecule has 4 heteroatoms. The number of nitrogens with one attached hydrogen (secondary N) is 1. The monoisotopic (exact) mass is 231 g/mol. The van der Waals surface area contributed by atoms with E-state index in [0.29, 0.717) is 0 Å². The minimum Gasteiger partial charge on any atom is -0.321 e. The minimum atomic E-state index is -0.194. The highest BCUT2D eigenvalue weighted by Crippen LogP contribution is 2.36. The minimum absolute atomic E-state index is 0.0744. The number of aryl methyl sites for hydroxylation is 1. The molecule has 1 fully saturated rings. The molecule has 1 aliphatic carbocycles. The molecule has 4 nitrogen and oxygen atoms in total. The normalized spacial score (nSPS) is 18.9. The number of nitrogens with two attached hydrogens (primary N) is 1. The molecule has 3 N–H and O–H groups in total. The molecule has 1 aliphatic rings. The van der Waals surface area contributed by atoms with E-state index in [2.05, 4.69) is 11.1 Å². The first-order valence-corrected chi connectivity index (χ1v) is 6.08. The molecule has 90 valence electrons. The van der Waals surface area contributed by atoms with Crippen molar-refractivity contribution in [3.8, 4) is 0 Å². The van der Waals surface area contributed by atoms with Gasteiger partial charge in [0.2, 0.25) is 0 Å². The topological polar surface area (TPSA) is 63.8 Å². The van der Waals surface area contributed by atoms with Gasteiger partial charge in [0.1, 0.15) is 0 Å². The van der Waals surface area contributed by atoms with Crippen molar-refractivity contribution in [2.45, 2.75) is 31.2 Å². The number of hydrogen-bond donors (Lipinski definition) is 2. The standard InChI is InChI=1S/C13H17N3O/c1-16-11-5-4-9(8-10(11)15-12(16)17)13(14)6-2-3-7-13/h4-5,8H,2-3,6-7,14H2,1H3,(H,15,17). The lowest BCUT2D eigenvalue weighted by atomic mass is 9.89. The van der Waals surface area contributed by atoms with E-state index in [-0.39, 0.29) is 11.2 Å². The van der Waals surface area contributed by atoms with Gasteiger partial charge in [-0.1, -0.05) is 18.9 Å². The highest BCUT2D eigenvalue weighted by atomic mass is 16.1. The summed E-state index contributed by atoms with van der Waals surface area (Å²) in [6.45, 7) is 0. The zero-order valence-electron chi connectivity index (χ0n) is 9.99. The summed E-state index contributed by atoms with van der Waals surface area (Å²) in [5.74, 6) is 0. The van der Waals surface area contributed by atoms with Crippen LogP contribution in [0.15, 0.2) is 23.0 Å². The van der Waals surface area contributed by atoms with Crippen LogP contribution in [-0.2, 0) is 12.6 Å². The van der Waals surface area contributed by atoms with Crippen molar-refractivity contribution >= 4 is 11.0 Å². The summed E-state index contributed by atoms with van der Waals surface area (Å²) in [4.78, 5) is 14.4. The number of nitrogens with zero attached hydrogens (tertiary/aromatic N) is 1. The van der Waals surface area contributed by atoms with Gasteiger partial charge in [-0.3, -0.25) is 4.57 Å². The number of hydrogen-bond acceptors (Lipinski definition) is 2. The zero-order valence-corrected chi connectivity index (χ0v) is 9.99. The van der Waals surface area contributed by atoms with Crippen molar-refractivity contribution in [3.63, 3.8) is 0 Å². The van der Waals surface area contributed by atoms with Crippen LogP contribution in [0.3, 0.4) is 0 Å². The largest absolute Gasteiger partial charge is 0.326 e. The number of rotatable bonds is 1. The Morgan fingerprint density at radius 3 is 2.76 bits per heavy atom. The smallest absolute Gasteiger partial charge is 0.321 e. The van der Waals surface area contributed by atoms with E-state index in [1.807, 2.05) is 12.1 Å². The highest BCUT2D eigenvalue weighted by molar-refractivity contribution is 5.76. The van der Waals surface area contributed by atoms with Crippen LogP contribution in [0.4, 0.5) is 0 Å². The van der Waals surface area contributed by atoms with Crippen molar-refractivity contribution in [3.05, 3.63) is 34.2 Å². The molecule has 0 unspecified atom stereocenters. The van der Waals surface area contributed by atoms with Crippen molar-refractivity contribution in [2.75, 3.05) is 0 Å². The van der Waals surface area contributed by atoms with Gasteiger partial charge in [0.25, 0.3) is 0 Å². The van der Waals surface area contributed by atoms with Crippen LogP contribution in [0.2, 0.25) is 0 Å². The third-order valence-electron chi connectivity index (χ3n) is 3.97. The van der Waals surface area contributed by atoms with Gasteiger partial charge < -0.3 is 10.7 Å². The summed E-state index contributed by atoms with van der Waals surface area (Å²) < 4.78 is 1.62. The van der Waals surface area contributed by atoms with Crippen LogP contribution in [0.5, 0.6) is 0 Å². The van der Waals surface area contributed by atoms with Crippen molar-refractivity contribution < 1.29 is 0 Å². The molecule has 0 saturated heterocycles. The molecule has 1 aromatic carbocycles. The molecule has 17 heavy (non-hydrogen) atoms. The third-order valence-corrected chi connectivity index (χ3v) is 3.97. The molecule has 0 aliphatic heterocycles. The number of H-pyrrole nitrogens is 1. The first-order valence-electron chi connectivity index (χ1n) is 6.08. The van der Waals surface area contributed by atoms with Gasteiger partial charge in [-0.05, 0) is 30.5 Å². The summed E-state index contributed by atoms with van der Waals surface area (Å²) in [7, 11) is 1.77. The van der Waals surface area contributed by atoms with Gasteiger partial charge in [-0.2, -0.15) is 0 Å². The van der Waals surface area contributed by atoms with Crippen molar-refractivity contribution in [2.24, 2.45) is 12.8 Å². The van der Waals surface area contributed by atoms with Gasteiger partial charge in [0.15, 0.2) is 0 Å². The van der Waals surface area contributed by atoms with Gasteiger partial charge in [0, 0.05) is 12.6 Å². The van der Waals surface area contributed by atoms with E-state index in [0.717, 1.165) is 29.4 Å². The summed E-state index contributed by atoms with van der Waals surface area (Å²) in [6, 6.07) is 6.07. The summed E-state index contributed by atoms with van der Waals surface area (Å²) in [6.07, 6.45) is 4.46. The van der Waals surface area contributed by atoms with E-state index >= 15 is 0 Å². The lowest BCUT2D eigenvalue weighted by molar-refractivity contribution is 0.462. The van der Waals surface area contributed by atoms with Crippen LogP contribution in [0.1, 0.15) is 31.2 Å². The maximum absolute atomic E-state index is 11.5. The number of aromatic nitrogens is 2. The van der Waals surface area contributed by atoms with E-state index in [9.17, 15) is 4.79 Å².